The van der Waals surface area contributed by atoms with E-state index in [-0.39, 0.29) is 0 Å². The lowest BCUT2D eigenvalue weighted by molar-refractivity contribution is 0.178. The highest BCUT2D eigenvalue weighted by Gasteiger charge is 2.09. The van der Waals surface area contributed by atoms with E-state index in [1.54, 1.807) is 18.0 Å². The van der Waals surface area contributed by atoms with Crippen molar-refractivity contribution in [2.45, 2.75) is 26.9 Å². The summed E-state index contributed by atoms with van der Waals surface area (Å²) in [6.07, 6.45) is 2.76. The lowest BCUT2D eigenvalue weighted by Gasteiger charge is -2.09. The number of ether oxygens (including phenoxy) is 1. The Morgan fingerprint density at radius 1 is 1.40 bits per heavy atom. The van der Waals surface area contributed by atoms with Crippen LogP contribution in [0.5, 0.6) is 0 Å². The van der Waals surface area contributed by atoms with Gasteiger partial charge in [0.2, 0.25) is 0 Å². The van der Waals surface area contributed by atoms with E-state index in [2.05, 4.69) is 27.3 Å². The summed E-state index contributed by atoms with van der Waals surface area (Å²) in [4.78, 5) is 8.82. The molecule has 1 N–H and O–H groups in total. The van der Waals surface area contributed by atoms with Crippen molar-refractivity contribution in [1.82, 2.24) is 19.7 Å². The summed E-state index contributed by atoms with van der Waals surface area (Å²) in [5.74, 6) is 2.03. The van der Waals surface area contributed by atoms with Crippen LogP contribution in [0.4, 0.5) is 5.82 Å². The molecule has 2 rings (SSSR count). The maximum atomic E-state index is 6.04. The topological polar surface area (TPSA) is 64.9 Å². The summed E-state index contributed by atoms with van der Waals surface area (Å²) in [5.41, 5.74) is 0.765. The third kappa shape index (κ3) is 3.46. The Morgan fingerprint density at radius 3 is 2.80 bits per heavy atom. The minimum Gasteiger partial charge on any atom is -0.377 e. The van der Waals surface area contributed by atoms with Gasteiger partial charge in [-0.25, -0.2) is 14.6 Å². The minimum atomic E-state index is 0.350. The number of aryl methyl sites for hydroxylation is 1. The molecule has 0 aliphatic carbocycles. The molecule has 2 aromatic heterocycles. The molecular weight excluding hydrogens is 278 g/mol. The Morgan fingerprint density at radius 2 is 2.20 bits per heavy atom. The first-order valence-electron chi connectivity index (χ1n) is 6.47. The van der Waals surface area contributed by atoms with E-state index in [0.29, 0.717) is 23.3 Å². The zero-order chi connectivity index (χ0) is 14.5. The van der Waals surface area contributed by atoms with E-state index in [0.717, 1.165) is 24.5 Å². The molecule has 7 heteroatoms. The second kappa shape index (κ2) is 6.67. The molecule has 0 saturated heterocycles. The van der Waals surface area contributed by atoms with Crippen LogP contribution in [-0.4, -0.2) is 33.4 Å². The summed E-state index contributed by atoms with van der Waals surface area (Å²) in [6, 6.07) is 1.84. The van der Waals surface area contributed by atoms with Gasteiger partial charge in [-0.3, -0.25) is 0 Å². The molecule has 0 amide bonds. The molecule has 108 valence electrons. The highest BCUT2D eigenvalue weighted by Crippen LogP contribution is 2.17. The van der Waals surface area contributed by atoms with Crippen molar-refractivity contribution >= 4 is 17.4 Å². The second-order valence-corrected chi connectivity index (χ2v) is 4.80. The van der Waals surface area contributed by atoms with Gasteiger partial charge in [0.1, 0.15) is 12.4 Å². The molecule has 0 aliphatic heterocycles. The molecule has 20 heavy (non-hydrogen) atoms. The Hall–Kier alpha value is -1.66. The van der Waals surface area contributed by atoms with Gasteiger partial charge in [0, 0.05) is 19.7 Å². The first-order valence-corrected chi connectivity index (χ1v) is 6.84. The number of anilines is 1. The van der Waals surface area contributed by atoms with Gasteiger partial charge < -0.3 is 10.1 Å². The summed E-state index contributed by atoms with van der Waals surface area (Å²) in [5, 5.41) is 8.18. The predicted octanol–water partition coefficient (Wildman–Crippen LogP) is 2.59. The monoisotopic (exact) mass is 295 g/mol. The molecular formula is C13H18ClN5O. The predicted molar refractivity (Wildman–Crippen MR) is 78.4 cm³/mol. The zero-order valence-corrected chi connectivity index (χ0v) is 12.6. The van der Waals surface area contributed by atoms with Gasteiger partial charge >= 0.3 is 0 Å². The van der Waals surface area contributed by atoms with E-state index in [1.165, 1.54) is 0 Å². The molecule has 0 aromatic carbocycles. The second-order valence-electron chi connectivity index (χ2n) is 4.39. The number of hydrogen-bond donors (Lipinski definition) is 1. The van der Waals surface area contributed by atoms with Crippen molar-refractivity contribution in [3.05, 3.63) is 28.8 Å². The Labute approximate surface area is 123 Å². The van der Waals surface area contributed by atoms with Crippen molar-refractivity contribution in [3.8, 4) is 5.82 Å². The van der Waals surface area contributed by atoms with Gasteiger partial charge in [0.25, 0.3) is 0 Å². The van der Waals surface area contributed by atoms with E-state index in [9.17, 15) is 0 Å². The smallest absolute Gasteiger partial charge is 0.159 e. The highest BCUT2D eigenvalue weighted by molar-refractivity contribution is 6.31. The lowest BCUT2D eigenvalue weighted by atomic mass is 10.4. The third-order valence-corrected chi connectivity index (χ3v) is 3.03. The highest BCUT2D eigenvalue weighted by atomic mass is 35.5. The van der Waals surface area contributed by atoms with E-state index >= 15 is 0 Å². The first-order chi connectivity index (χ1) is 9.63. The van der Waals surface area contributed by atoms with Crippen molar-refractivity contribution in [2.75, 3.05) is 19.0 Å². The summed E-state index contributed by atoms with van der Waals surface area (Å²) < 4.78 is 6.75. The first kappa shape index (κ1) is 14.7. The Kier molecular flexibility index (Phi) is 4.92. The van der Waals surface area contributed by atoms with Gasteiger partial charge in [-0.15, -0.1) is 0 Å². The normalized spacial score (nSPS) is 10.8. The molecule has 2 aromatic rings. The molecule has 0 radical (unpaired) electrons. The molecule has 0 spiro atoms. The van der Waals surface area contributed by atoms with Crippen LogP contribution in [0, 0.1) is 6.92 Å². The maximum Gasteiger partial charge on any atom is 0.159 e. The maximum absolute atomic E-state index is 6.04. The summed E-state index contributed by atoms with van der Waals surface area (Å²) in [7, 11) is 1.62. The van der Waals surface area contributed by atoms with Crippen molar-refractivity contribution < 1.29 is 4.74 Å². The number of rotatable bonds is 6. The molecule has 0 unspecified atom stereocenters. The standard InChI is InChI=1S/C13H18ClN5O/c1-4-5-15-11-6-13(17-12(16-11)8-20-3)19-7-10(14)9(2)18-19/h6-7H,4-5,8H2,1-3H3,(H,15,16,17). The number of hydrogen-bond acceptors (Lipinski definition) is 5. The number of methoxy groups -OCH3 is 1. The summed E-state index contributed by atoms with van der Waals surface area (Å²) in [6.45, 7) is 5.15. The molecule has 2 heterocycles. The fraction of sp³-hybridized carbons (Fsp3) is 0.462. The number of aromatic nitrogens is 4. The largest absolute Gasteiger partial charge is 0.377 e. The van der Waals surface area contributed by atoms with Crippen LogP contribution in [-0.2, 0) is 11.3 Å². The quantitative estimate of drug-likeness (QED) is 0.887. The van der Waals surface area contributed by atoms with Gasteiger partial charge in [-0.05, 0) is 13.3 Å². The molecule has 6 nitrogen and oxygen atoms in total. The van der Waals surface area contributed by atoms with Crippen molar-refractivity contribution in [3.63, 3.8) is 0 Å². The average Bonchev–Trinajstić information content (AvgIpc) is 2.77. The van der Waals surface area contributed by atoms with Gasteiger partial charge in [-0.2, -0.15) is 5.10 Å². The molecule has 0 aliphatic rings. The van der Waals surface area contributed by atoms with Crippen molar-refractivity contribution in [2.24, 2.45) is 0 Å². The van der Waals surface area contributed by atoms with Crippen LogP contribution >= 0.6 is 11.6 Å². The van der Waals surface area contributed by atoms with Crippen LogP contribution in [0.3, 0.4) is 0 Å². The van der Waals surface area contributed by atoms with Gasteiger partial charge in [0.15, 0.2) is 11.6 Å². The fourth-order valence-corrected chi connectivity index (χ4v) is 1.82. The fourth-order valence-electron chi connectivity index (χ4n) is 1.69. The van der Waals surface area contributed by atoms with Crippen LogP contribution < -0.4 is 5.32 Å². The third-order valence-electron chi connectivity index (χ3n) is 2.66. The van der Waals surface area contributed by atoms with Crippen molar-refractivity contribution in [1.29, 1.82) is 0 Å². The number of nitrogens with zero attached hydrogens (tertiary/aromatic N) is 4. The molecule has 0 bridgehead atoms. The summed E-state index contributed by atoms with van der Waals surface area (Å²) >= 11 is 6.04. The molecule has 0 fully saturated rings. The zero-order valence-electron chi connectivity index (χ0n) is 11.9. The van der Waals surface area contributed by atoms with Gasteiger partial charge in [-0.1, -0.05) is 18.5 Å². The number of halogens is 1. The number of nitrogens with one attached hydrogen (secondary N) is 1. The van der Waals surface area contributed by atoms with Crippen LogP contribution in [0.15, 0.2) is 12.3 Å². The molecule has 0 saturated carbocycles. The van der Waals surface area contributed by atoms with Crippen LogP contribution in [0.2, 0.25) is 5.02 Å². The van der Waals surface area contributed by atoms with Crippen LogP contribution in [0.1, 0.15) is 24.9 Å². The average molecular weight is 296 g/mol. The van der Waals surface area contributed by atoms with E-state index in [1.807, 2.05) is 13.0 Å². The Bertz CT molecular complexity index is 565. The minimum absolute atomic E-state index is 0.350. The lowest BCUT2D eigenvalue weighted by Crippen LogP contribution is -2.09. The van der Waals surface area contributed by atoms with Gasteiger partial charge in [0.05, 0.1) is 16.9 Å². The van der Waals surface area contributed by atoms with E-state index in [4.69, 9.17) is 16.3 Å². The molecule has 0 atom stereocenters. The van der Waals surface area contributed by atoms with E-state index < -0.39 is 0 Å². The Balaban J connectivity index is 2.37. The van der Waals surface area contributed by atoms with Crippen LogP contribution in [0.25, 0.3) is 5.82 Å². The SMILES string of the molecule is CCCNc1cc(-n2cc(Cl)c(C)n2)nc(COC)n1.